The van der Waals surface area contributed by atoms with Crippen molar-refractivity contribution < 1.29 is 8.42 Å². The molecule has 1 N–H and O–H groups in total. The van der Waals surface area contributed by atoms with Crippen molar-refractivity contribution in [1.82, 2.24) is 4.72 Å². The molecule has 1 saturated carbocycles. The van der Waals surface area contributed by atoms with Crippen molar-refractivity contribution in [1.29, 1.82) is 0 Å². The van der Waals surface area contributed by atoms with Gasteiger partial charge in [0.25, 0.3) is 0 Å². The van der Waals surface area contributed by atoms with Gasteiger partial charge in [-0.05, 0) is 25.7 Å². The van der Waals surface area contributed by atoms with Gasteiger partial charge in [-0.1, -0.05) is 0 Å². The van der Waals surface area contributed by atoms with E-state index in [9.17, 15) is 8.42 Å². The molecule has 1 aliphatic carbocycles. The highest BCUT2D eigenvalue weighted by Gasteiger charge is 2.22. The van der Waals surface area contributed by atoms with E-state index >= 15 is 0 Å². The number of hydrogen-bond acceptors (Lipinski definition) is 2. The summed E-state index contributed by atoms with van der Waals surface area (Å²) in [6, 6.07) is 0. The van der Waals surface area contributed by atoms with Crippen molar-refractivity contribution in [3.05, 3.63) is 6.92 Å². The fourth-order valence-electron chi connectivity index (χ4n) is 0.639. The average Bonchev–Trinajstić information content (AvgIpc) is 2.66. The summed E-state index contributed by atoms with van der Waals surface area (Å²) < 4.78 is 24.0. The molecule has 0 aliphatic heterocycles. The van der Waals surface area contributed by atoms with Gasteiger partial charge in [-0.25, -0.2) is 13.1 Å². The Kier molecular flexibility index (Phi) is 2.31. The van der Waals surface area contributed by atoms with Crippen LogP contribution in [-0.4, -0.2) is 20.7 Å². The van der Waals surface area contributed by atoms with Gasteiger partial charge in [0, 0.05) is 6.54 Å². The maximum atomic E-state index is 10.8. The second-order valence-electron chi connectivity index (χ2n) is 2.61. The second kappa shape index (κ2) is 2.88. The molecule has 10 heavy (non-hydrogen) atoms. The first-order valence-electron chi connectivity index (χ1n) is 3.40. The number of nitrogens with one attached hydrogen (secondary N) is 1. The highest BCUT2D eigenvalue weighted by molar-refractivity contribution is 7.89. The molecule has 1 rings (SSSR count). The Morgan fingerprint density at radius 3 is 2.50 bits per heavy atom. The Balaban J connectivity index is 2.22. The molecule has 4 heteroatoms. The summed E-state index contributed by atoms with van der Waals surface area (Å²) in [5.74, 6) is 0.543. The van der Waals surface area contributed by atoms with Gasteiger partial charge in [0.15, 0.2) is 0 Å². The van der Waals surface area contributed by atoms with E-state index in [1.54, 1.807) is 0 Å². The molecule has 0 unspecified atom stereocenters. The fourth-order valence-corrected chi connectivity index (χ4v) is 1.27. The Hall–Kier alpha value is -0.0900. The van der Waals surface area contributed by atoms with Gasteiger partial charge in [0.05, 0.1) is 5.75 Å². The smallest absolute Gasteiger partial charge is 0.211 e. The summed E-state index contributed by atoms with van der Waals surface area (Å²) in [4.78, 5) is 0. The van der Waals surface area contributed by atoms with E-state index in [0.717, 1.165) is 0 Å². The zero-order chi connectivity index (χ0) is 7.61. The van der Waals surface area contributed by atoms with Gasteiger partial charge in [-0.3, -0.25) is 0 Å². The SMILES string of the molecule is [CH2]CS(=O)(=O)NCC1CC1. The van der Waals surface area contributed by atoms with Crippen LogP contribution in [-0.2, 0) is 10.0 Å². The van der Waals surface area contributed by atoms with E-state index in [2.05, 4.69) is 11.6 Å². The molecule has 0 aromatic rings. The van der Waals surface area contributed by atoms with E-state index in [0.29, 0.717) is 12.5 Å². The van der Waals surface area contributed by atoms with Gasteiger partial charge < -0.3 is 0 Å². The van der Waals surface area contributed by atoms with Crippen LogP contribution in [0.15, 0.2) is 0 Å². The van der Waals surface area contributed by atoms with Crippen LogP contribution in [0.3, 0.4) is 0 Å². The van der Waals surface area contributed by atoms with Crippen LogP contribution in [0, 0.1) is 12.8 Å². The highest BCUT2D eigenvalue weighted by atomic mass is 32.2. The first-order valence-corrected chi connectivity index (χ1v) is 5.06. The number of hydrogen-bond donors (Lipinski definition) is 1. The van der Waals surface area contributed by atoms with Crippen LogP contribution in [0.4, 0.5) is 0 Å². The molecular formula is C6H12NO2S. The molecule has 1 radical (unpaired) electrons. The van der Waals surface area contributed by atoms with Crippen molar-refractivity contribution in [3.63, 3.8) is 0 Å². The molecule has 59 valence electrons. The van der Waals surface area contributed by atoms with E-state index in [4.69, 9.17) is 0 Å². The third-order valence-electron chi connectivity index (χ3n) is 1.56. The van der Waals surface area contributed by atoms with Crippen LogP contribution >= 0.6 is 0 Å². The monoisotopic (exact) mass is 162 g/mol. The fraction of sp³-hybridized carbons (Fsp3) is 0.833. The van der Waals surface area contributed by atoms with Crippen LogP contribution < -0.4 is 4.72 Å². The third-order valence-corrected chi connectivity index (χ3v) is 2.70. The first kappa shape index (κ1) is 8.01. The third kappa shape index (κ3) is 2.66. The van der Waals surface area contributed by atoms with Crippen molar-refractivity contribution in [2.24, 2.45) is 5.92 Å². The predicted octanol–water partition coefficient (Wildman–Crippen LogP) is 0.150. The summed E-state index contributed by atoms with van der Waals surface area (Å²) in [6.45, 7) is 3.91. The second-order valence-corrected chi connectivity index (χ2v) is 4.54. The van der Waals surface area contributed by atoms with E-state index < -0.39 is 10.0 Å². The van der Waals surface area contributed by atoms with Crippen molar-refractivity contribution >= 4 is 10.0 Å². The Labute approximate surface area is 61.9 Å². The predicted molar refractivity (Wildman–Crippen MR) is 39.9 cm³/mol. The van der Waals surface area contributed by atoms with Gasteiger partial charge in [0.2, 0.25) is 10.0 Å². The van der Waals surface area contributed by atoms with Gasteiger partial charge in [0.1, 0.15) is 0 Å². The number of sulfonamides is 1. The lowest BCUT2D eigenvalue weighted by atomic mass is 10.4. The molecular weight excluding hydrogens is 150 g/mol. The summed E-state index contributed by atoms with van der Waals surface area (Å²) in [5, 5.41) is 0. The molecule has 0 spiro atoms. The summed E-state index contributed by atoms with van der Waals surface area (Å²) >= 11 is 0. The molecule has 0 amide bonds. The molecule has 0 aromatic carbocycles. The van der Waals surface area contributed by atoms with E-state index in [1.165, 1.54) is 12.8 Å². The van der Waals surface area contributed by atoms with Crippen LogP contribution in [0.2, 0.25) is 0 Å². The van der Waals surface area contributed by atoms with Gasteiger partial charge >= 0.3 is 0 Å². The molecule has 0 atom stereocenters. The Morgan fingerprint density at radius 1 is 1.50 bits per heavy atom. The van der Waals surface area contributed by atoms with Crippen LogP contribution in [0.25, 0.3) is 0 Å². The average molecular weight is 162 g/mol. The zero-order valence-corrected chi connectivity index (χ0v) is 6.65. The van der Waals surface area contributed by atoms with Crippen molar-refractivity contribution in [2.75, 3.05) is 12.3 Å². The largest absolute Gasteiger partial charge is 0.215 e. The minimum Gasteiger partial charge on any atom is -0.215 e. The first-order chi connectivity index (χ1) is 4.64. The van der Waals surface area contributed by atoms with E-state index in [-0.39, 0.29) is 5.75 Å². The van der Waals surface area contributed by atoms with Crippen LogP contribution in [0.1, 0.15) is 12.8 Å². The molecule has 1 fully saturated rings. The lowest BCUT2D eigenvalue weighted by molar-refractivity contribution is 0.580. The normalized spacial score (nSPS) is 19.3. The van der Waals surface area contributed by atoms with Gasteiger partial charge in [-0.15, -0.1) is 0 Å². The summed E-state index contributed by atoms with van der Waals surface area (Å²) in [6.07, 6.45) is 2.33. The minimum absolute atomic E-state index is 0.0558. The summed E-state index contributed by atoms with van der Waals surface area (Å²) in [5.41, 5.74) is 0. The van der Waals surface area contributed by atoms with Crippen molar-refractivity contribution in [3.8, 4) is 0 Å². The molecule has 0 aromatic heterocycles. The Bertz CT molecular complexity index is 194. The standard InChI is InChI=1S/C6H12NO2S/c1-2-10(8,9)7-5-6-3-4-6/h6-7H,1-5H2. The highest BCUT2D eigenvalue weighted by Crippen LogP contribution is 2.27. The Morgan fingerprint density at radius 2 is 2.10 bits per heavy atom. The van der Waals surface area contributed by atoms with E-state index in [1.807, 2.05) is 0 Å². The summed E-state index contributed by atoms with van der Waals surface area (Å²) in [7, 11) is -3.04. The maximum Gasteiger partial charge on any atom is 0.211 e. The van der Waals surface area contributed by atoms with Crippen LogP contribution in [0.5, 0.6) is 0 Å². The lowest BCUT2D eigenvalue weighted by Gasteiger charge is -2.00. The zero-order valence-electron chi connectivity index (χ0n) is 5.84. The number of rotatable bonds is 4. The molecule has 1 aliphatic rings. The molecule has 0 bridgehead atoms. The maximum absolute atomic E-state index is 10.8. The topological polar surface area (TPSA) is 46.2 Å². The quantitative estimate of drug-likeness (QED) is 0.639. The van der Waals surface area contributed by atoms with Gasteiger partial charge in [-0.2, -0.15) is 0 Å². The molecule has 0 heterocycles. The van der Waals surface area contributed by atoms with Crippen molar-refractivity contribution in [2.45, 2.75) is 12.8 Å². The molecule has 3 nitrogen and oxygen atoms in total. The molecule has 0 saturated heterocycles. The lowest BCUT2D eigenvalue weighted by Crippen LogP contribution is -2.27. The minimum atomic E-state index is -3.04.